The van der Waals surface area contributed by atoms with Crippen molar-refractivity contribution in [2.75, 3.05) is 11.6 Å². The Morgan fingerprint density at radius 3 is 2.93 bits per heavy atom. The van der Waals surface area contributed by atoms with Crippen molar-refractivity contribution in [2.45, 2.75) is 37.5 Å². The van der Waals surface area contributed by atoms with Crippen molar-refractivity contribution in [1.29, 1.82) is 0 Å². The van der Waals surface area contributed by atoms with Crippen molar-refractivity contribution >= 4 is 28.4 Å². The maximum atomic E-state index is 4.41. The number of thioether (sulfide) groups is 1. The van der Waals surface area contributed by atoms with Gasteiger partial charge in [0.15, 0.2) is 0 Å². The average Bonchev–Trinajstić information content (AvgIpc) is 2.61. The zero-order valence-electron chi connectivity index (χ0n) is 8.49. The molecule has 1 aromatic rings. The summed E-state index contributed by atoms with van der Waals surface area (Å²) in [5, 5.41) is 5.22. The molecule has 0 bridgehead atoms. The predicted molar refractivity (Wildman–Crippen MR) is 63.2 cm³/mol. The van der Waals surface area contributed by atoms with E-state index in [1.165, 1.54) is 24.4 Å². The fourth-order valence-corrected chi connectivity index (χ4v) is 3.15. The maximum absolute atomic E-state index is 4.41. The average molecular weight is 229 g/mol. The third-order valence-electron chi connectivity index (χ3n) is 2.61. The first-order chi connectivity index (χ1) is 6.83. The van der Waals surface area contributed by atoms with Crippen molar-refractivity contribution in [1.82, 2.24) is 9.36 Å². The largest absolute Gasteiger partial charge is 0.356 e. The molecule has 0 amide bonds. The van der Waals surface area contributed by atoms with E-state index < -0.39 is 0 Å². The van der Waals surface area contributed by atoms with Crippen LogP contribution in [-0.2, 0) is 6.42 Å². The number of aromatic nitrogens is 2. The first kappa shape index (κ1) is 10.2. The number of nitrogens with one attached hydrogen (secondary N) is 1. The van der Waals surface area contributed by atoms with Gasteiger partial charge in [0.25, 0.3) is 0 Å². The second kappa shape index (κ2) is 4.49. The van der Waals surface area contributed by atoms with E-state index in [1.807, 2.05) is 11.8 Å². The summed E-state index contributed by atoms with van der Waals surface area (Å²) in [7, 11) is 0. The molecule has 0 radical (unpaired) electrons. The molecule has 5 heteroatoms. The maximum Gasteiger partial charge on any atom is 0.202 e. The van der Waals surface area contributed by atoms with Crippen LogP contribution in [0.25, 0.3) is 0 Å². The molecular formula is C9H15N3S2. The highest BCUT2D eigenvalue weighted by atomic mass is 32.2. The van der Waals surface area contributed by atoms with E-state index in [1.54, 1.807) is 0 Å². The third-order valence-corrected chi connectivity index (χ3v) is 4.46. The van der Waals surface area contributed by atoms with Crippen molar-refractivity contribution in [2.24, 2.45) is 0 Å². The van der Waals surface area contributed by atoms with Gasteiger partial charge in [0.1, 0.15) is 5.82 Å². The minimum Gasteiger partial charge on any atom is -0.356 e. The summed E-state index contributed by atoms with van der Waals surface area (Å²) in [5.74, 6) is 0.956. The van der Waals surface area contributed by atoms with Gasteiger partial charge in [0, 0.05) is 29.2 Å². The Hall–Kier alpha value is -0.290. The minimum atomic E-state index is 0.614. The van der Waals surface area contributed by atoms with E-state index in [0.717, 1.165) is 22.6 Å². The van der Waals surface area contributed by atoms with Crippen LogP contribution in [0.4, 0.5) is 5.13 Å². The van der Waals surface area contributed by atoms with Crippen LogP contribution in [0.1, 0.15) is 25.6 Å². The van der Waals surface area contributed by atoms with Gasteiger partial charge in [-0.25, -0.2) is 4.98 Å². The van der Waals surface area contributed by atoms with Crippen LogP contribution in [0.5, 0.6) is 0 Å². The molecular weight excluding hydrogens is 214 g/mol. The molecule has 3 nitrogen and oxygen atoms in total. The Kier molecular flexibility index (Phi) is 3.28. The summed E-state index contributed by atoms with van der Waals surface area (Å²) in [6, 6.07) is 0.614. The lowest BCUT2D eigenvalue weighted by Crippen LogP contribution is -2.40. The van der Waals surface area contributed by atoms with Gasteiger partial charge >= 0.3 is 0 Å². The van der Waals surface area contributed by atoms with Crippen LogP contribution < -0.4 is 5.32 Å². The summed E-state index contributed by atoms with van der Waals surface area (Å²) >= 11 is 3.43. The van der Waals surface area contributed by atoms with Crippen LogP contribution in [0, 0.1) is 0 Å². The number of hydrogen-bond acceptors (Lipinski definition) is 5. The molecule has 1 aliphatic carbocycles. The minimum absolute atomic E-state index is 0.614. The van der Waals surface area contributed by atoms with E-state index in [9.17, 15) is 0 Å². The fraction of sp³-hybridized carbons (Fsp3) is 0.778. The molecule has 1 saturated carbocycles. The van der Waals surface area contributed by atoms with Crippen LogP contribution in [0.2, 0.25) is 0 Å². The molecule has 1 heterocycles. The molecule has 1 fully saturated rings. The van der Waals surface area contributed by atoms with Crippen molar-refractivity contribution in [3.05, 3.63) is 5.82 Å². The molecule has 2 atom stereocenters. The summed E-state index contributed by atoms with van der Waals surface area (Å²) in [6.45, 7) is 2.08. The Morgan fingerprint density at radius 1 is 1.57 bits per heavy atom. The molecule has 2 rings (SSSR count). The zero-order valence-corrected chi connectivity index (χ0v) is 10.1. The van der Waals surface area contributed by atoms with E-state index in [2.05, 4.69) is 27.9 Å². The Morgan fingerprint density at radius 2 is 2.43 bits per heavy atom. The molecule has 1 N–H and O–H groups in total. The van der Waals surface area contributed by atoms with E-state index in [0.29, 0.717) is 6.04 Å². The van der Waals surface area contributed by atoms with Crippen molar-refractivity contribution < 1.29 is 0 Å². The van der Waals surface area contributed by atoms with Crippen LogP contribution in [0.15, 0.2) is 0 Å². The molecule has 0 spiro atoms. The van der Waals surface area contributed by atoms with Gasteiger partial charge in [-0.05, 0) is 19.1 Å². The topological polar surface area (TPSA) is 37.8 Å². The van der Waals surface area contributed by atoms with Gasteiger partial charge in [-0.15, -0.1) is 0 Å². The summed E-state index contributed by atoms with van der Waals surface area (Å²) in [5.41, 5.74) is 0. The lowest BCUT2D eigenvalue weighted by Gasteiger charge is -2.35. The summed E-state index contributed by atoms with van der Waals surface area (Å²) < 4.78 is 4.26. The Balaban J connectivity index is 1.90. The van der Waals surface area contributed by atoms with Crippen molar-refractivity contribution in [3.63, 3.8) is 0 Å². The molecule has 2 unspecified atom stereocenters. The molecule has 14 heavy (non-hydrogen) atoms. The third kappa shape index (κ3) is 2.03. The molecule has 78 valence electrons. The van der Waals surface area contributed by atoms with Crippen LogP contribution in [-0.4, -0.2) is 26.9 Å². The standard InChI is InChI=1S/C9H15N3S2/c1-3-8-11-9(14-12-8)10-6-4-5-7(6)13-2/h6-7H,3-5H2,1-2H3,(H,10,11,12). The summed E-state index contributed by atoms with van der Waals surface area (Å²) in [4.78, 5) is 4.41. The lowest BCUT2D eigenvalue weighted by atomic mass is 9.92. The van der Waals surface area contributed by atoms with Gasteiger partial charge in [-0.2, -0.15) is 16.1 Å². The lowest BCUT2D eigenvalue weighted by molar-refractivity contribution is 0.463. The molecule has 1 aliphatic rings. The molecule has 0 saturated heterocycles. The monoisotopic (exact) mass is 229 g/mol. The summed E-state index contributed by atoms with van der Waals surface area (Å²) in [6.07, 6.45) is 5.70. The molecule has 1 aromatic heterocycles. The predicted octanol–water partition coefficient (Wildman–Crippen LogP) is 2.41. The second-order valence-electron chi connectivity index (χ2n) is 3.47. The van der Waals surface area contributed by atoms with Crippen LogP contribution in [0.3, 0.4) is 0 Å². The number of aryl methyl sites for hydroxylation is 1. The van der Waals surface area contributed by atoms with E-state index in [-0.39, 0.29) is 0 Å². The highest BCUT2D eigenvalue weighted by molar-refractivity contribution is 7.99. The SMILES string of the molecule is CCc1nsc(NC2CCC2SC)n1. The first-order valence-corrected chi connectivity index (χ1v) is 7.01. The zero-order chi connectivity index (χ0) is 9.97. The quantitative estimate of drug-likeness (QED) is 0.860. The normalized spacial score (nSPS) is 25.9. The van der Waals surface area contributed by atoms with E-state index in [4.69, 9.17) is 0 Å². The smallest absolute Gasteiger partial charge is 0.202 e. The number of nitrogens with zero attached hydrogens (tertiary/aromatic N) is 2. The van der Waals surface area contributed by atoms with Gasteiger partial charge in [0.05, 0.1) is 0 Å². The Labute approximate surface area is 92.9 Å². The van der Waals surface area contributed by atoms with Gasteiger partial charge < -0.3 is 5.32 Å². The van der Waals surface area contributed by atoms with Gasteiger partial charge in [0.2, 0.25) is 5.13 Å². The highest BCUT2D eigenvalue weighted by Gasteiger charge is 2.30. The fourth-order valence-electron chi connectivity index (χ4n) is 1.53. The van der Waals surface area contributed by atoms with Gasteiger partial charge in [-0.1, -0.05) is 6.92 Å². The van der Waals surface area contributed by atoms with Crippen molar-refractivity contribution in [3.8, 4) is 0 Å². The van der Waals surface area contributed by atoms with Gasteiger partial charge in [-0.3, -0.25) is 0 Å². The molecule has 0 aromatic carbocycles. The van der Waals surface area contributed by atoms with E-state index >= 15 is 0 Å². The number of hydrogen-bond donors (Lipinski definition) is 1. The second-order valence-corrected chi connectivity index (χ2v) is 5.30. The first-order valence-electron chi connectivity index (χ1n) is 4.95. The van der Waals surface area contributed by atoms with Crippen LogP contribution >= 0.6 is 23.3 Å². The highest BCUT2D eigenvalue weighted by Crippen LogP contribution is 2.32. The number of anilines is 1. The Bertz CT molecular complexity index is 298. The number of rotatable bonds is 4. The molecule has 0 aliphatic heterocycles.